The van der Waals surface area contributed by atoms with Gasteiger partial charge in [-0.25, -0.2) is 0 Å². The average Bonchev–Trinajstić information content (AvgIpc) is 2.72. The van der Waals surface area contributed by atoms with E-state index in [9.17, 15) is 4.79 Å². The lowest BCUT2D eigenvalue weighted by Gasteiger charge is -2.35. The summed E-state index contributed by atoms with van der Waals surface area (Å²) in [5, 5.41) is 0.917. The lowest BCUT2D eigenvalue weighted by molar-refractivity contribution is 0.0627. The molecular formula is C21H24Cl2N2O4. The Bertz CT molecular complexity index is 863. The van der Waals surface area contributed by atoms with Crippen molar-refractivity contribution in [1.29, 1.82) is 0 Å². The molecule has 1 heterocycles. The molecule has 6 nitrogen and oxygen atoms in total. The van der Waals surface area contributed by atoms with E-state index in [1.807, 2.05) is 17.0 Å². The van der Waals surface area contributed by atoms with E-state index in [0.29, 0.717) is 52.5 Å². The lowest BCUT2D eigenvalue weighted by Crippen LogP contribution is -2.48. The third-order valence-corrected chi connectivity index (χ3v) is 5.39. The Kier molecular flexibility index (Phi) is 7.11. The van der Waals surface area contributed by atoms with Crippen LogP contribution in [0.15, 0.2) is 30.3 Å². The zero-order chi connectivity index (χ0) is 21.0. The zero-order valence-electron chi connectivity index (χ0n) is 16.7. The van der Waals surface area contributed by atoms with Gasteiger partial charge in [0.15, 0.2) is 11.5 Å². The van der Waals surface area contributed by atoms with Gasteiger partial charge in [-0.05, 0) is 24.3 Å². The summed E-state index contributed by atoms with van der Waals surface area (Å²) in [5.74, 6) is 1.82. The second-order valence-corrected chi connectivity index (χ2v) is 7.59. The smallest absolute Gasteiger partial charge is 0.254 e. The van der Waals surface area contributed by atoms with Crippen molar-refractivity contribution in [3.8, 4) is 17.2 Å². The van der Waals surface area contributed by atoms with Gasteiger partial charge < -0.3 is 19.1 Å². The molecule has 8 heteroatoms. The van der Waals surface area contributed by atoms with Crippen LogP contribution in [0.2, 0.25) is 10.0 Å². The van der Waals surface area contributed by atoms with Crippen LogP contribution < -0.4 is 14.2 Å². The molecule has 29 heavy (non-hydrogen) atoms. The third-order valence-electron chi connectivity index (χ3n) is 4.95. The van der Waals surface area contributed by atoms with Gasteiger partial charge in [0.05, 0.1) is 21.3 Å². The minimum Gasteiger partial charge on any atom is -0.493 e. The molecule has 1 aliphatic rings. The van der Waals surface area contributed by atoms with E-state index in [4.69, 9.17) is 37.4 Å². The first-order chi connectivity index (χ1) is 14.0. The van der Waals surface area contributed by atoms with E-state index in [-0.39, 0.29) is 5.91 Å². The number of amides is 1. The maximum Gasteiger partial charge on any atom is 0.254 e. The standard InChI is InChI=1S/C21H24Cl2N2O4/c1-27-18-5-4-14(19(28-2)20(18)29-3)13-24-6-8-25(9-7-24)21(26)15-10-16(22)12-17(23)11-15/h4-5,10-12H,6-9,13H2,1-3H3. The van der Waals surface area contributed by atoms with Gasteiger partial charge in [0.1, 0.15) is 0 Å². The first-order valence-corrected chi connectivity index (χ1v) is 9.98. The Morgan fingerprint density at radius 1 is 0.897 bits per heavy atom. The van der Waals surface area contributed by atoms with E-state index in [1.165, 1.54) is 0 Å². The van der Waals surface area contributed by atoms with Crippen LogP contribution in [0.3, 0.4) is 0 Å². The first-order valence-electron chi connectivity index (χ1n) is 9.22. The third kappa shape index (κ3) is 4.89. The molecule has 0 unspecified atom stereocenters. The molecule has 0 radical (unpaired) electrons. The second kappa shape index (κ2) is 9.57. The summed E-state index contributed by atoms with van der Waals surface area (Å²) in [6.45, 7) is 3.43. The highest BCUT2D eigenvalue weighted by Gasteiger charge is 2.24. The van der Waals surface area contributed by atoms with Gasteiger partial charge in [0.2, 0.25) is 5.75 Å². The number of carbonyl (C=O) groups excluding carboxylic acids is 1. The summed E-state index contributed by atoms with van der Waals surface area (Å²) in [4.78, 5) is 16.9. The second-order valence-electron chi connectivity index (χ2n) is 6.72. The van der Waals surface area contributed by atoms with E-state index < -0.39 is 0 Å². The monoisotopic (exact) mass is 438 g/mol. The van der Waals surface area contributed by atoms with E-state index >= 15 is 0 Å². The predicted molar refractivity (Wildman–Crippen MR) is 114 cm³/mol. The van der Waals surface area contributed by atoms with Crippen molar-refractivity contribution >= 4 is 29.1 Å². The van der Waals surface area contributed by atoms with Crippen molar-refractivity contribution in [3.05, 3.63) is 51.5 Å². The molecule has 1 saturated heterocycles. The molecule has 0 spiro atoms. The van der Waals surface area contributed by atoms with Gasteiger partial charge in [-0.3, -0.25) is 9.69 Å². The van der Waals surface area contributed by atoms with Crippen LogP contribution in [0.25, 0.3) is 0 Å². The van der Waals surface area contributed by atoms with Crippen LogP contribution in [0, 0.1) is 0 Å². The molecule has 3 rings (SSSR count). The predicted octanol–water partition coefficient (Wildman–Crippen LogP) is 3.98. The Morgan fingerprint density at radius 3 is 2.07 bits per heavy atom. The Balaban J connectivity index is 1.66. The molecule has 0 saturated carbocycles. The molecule has 0 aromatic heterocycles. The SMILES string of the molecule is COc1ccc(CN2CCN(C(=O)c3cc(Cl)cc(Cl)c3)CC2)c(OC)c1OC. The number of hydrogen-bond acceptors (Lipinski definition) is 5. The van der Waals surface area contributed by atoms with Crippen molar-refractivity contribution in [1.82, 2.24) is 9.80 Å². The highest BCUT2D eigenvalue weighted by atomic mass is 35.5. The molecule has 1 fully saturated rings. The minimum atomic E-state index is -0.0576. The highest BCUT2D eigenvalue weighted by Crippen LogP contribution is 2.40. The van der Waals surface area contributed by atoms with Crippen LogP contribution in [-0.2, 0) is 6.54 Å². The number of rotatable bonds is 6. The molecule has 0 N–H and O–H groups in total. The number of piperazine rings is 1. The number of nitrogens with zero attached hydrogens (tertiary/aromatic N) is 2. The summed E-state index contributed by atoms with van der Waals surface area (Å²) in [6, 6.07) is 8.77. The van der Waals surface area contributed by atoms with Crippen LogP contribution >= 0.6 is 23.2 Å². The molecule has 0 aliphatic carbocycles. The van der Waals surface area contributed by atoms with Gasteiger partial charge in [-0.2, -0.15) is 0 Å². The summed E-state index contributed by atoms with van der Waals surface area (Å²) in [6.07, 6.45) is 0. The van der Waals surface area contributed by atoms with E-state index in [2.05, 4.69) is 4.90 Å². The number of methoxy groups -OCH3 is 3. The molecule has 156 valence electrons. The maximum absolute atomic E-state index is 12.8. The number of benzene rings is 2. The minimum absolute atomic E-state index is 0.0576. The van der Waals surface area contributed by atoms with E-state index in [0.717, 1.165) is 18.7 Å². The number of ether oxygens (including phenoxy) is 3. The number of carbonyl (C=O) groups is 1. The number of halogens is 2. The summed E-state index contributed by atoms with van der Waals surface area (Å²) < 4.78 is 16.4. The maximum atomic E-state index is 12.8. The van der Waals surface area contributed by atoms with Crippen LogP contribution in [0.1, 0.15) is 15.9 Å². The molecule has 2 aromatic carbocycles. The average molecular weight is 439 g/mol. The van der Waals surface area contributed by atoms with Crippen molar-refractivity contribution in [2.24, 2.45) is 0 Å². The number of hydrogen-bond donors (Lipinski definition) is 0. The fraction of sp³-hybridized carbons (Fsp3) is 0.381. The molecule has 0 bridgehead atoms. The summed E-state index contributed by atoms with van der Waals surface area (Å²) in [7, 11) is 4.81. The van der Waals surface area contributed by atoms with Gasteiger partial charge in [0.25, 0.3) is 5.91 Å². The van der Waals surface area contributed by atoms with Crippen LogP contribution in [0.4, 0.5) is 0 Å². The topological polar surface area (TPSA) is 51.2 Å². The molecular weight excluding hydrogens is 415 g/mol. The van der Waals surface area contributed by atoms with Crippen LogP contribution in [0.5, 0.6) is 17.2 Å². The molecule has 2 aromatic rings. The van der Waals surface area contributed by atoms with E-state index in [1.54, 1.807) is 39.5 Å². The Morgan fingerprint density at radius 2 is 1.52 bits per heavy atom. The fourth-order valence-electron chi connectivity index (χ4n) is 3.50. The van der Waals surface area contributed by atoms with Gasteiger partial charge in [0, 0.05) is 53.9 Å². The zero-order valence-corrected chi connectivity index (χ0v) is 18.2. The summed E-state index contributed by atoms with van der Waals surface area (Å²) >= 11 is 12.1. The quantitative estimate of drug-likeness (QED) is 0.682. The van der Waals surface area contributed by atoms with Crippen molar-refractivity contribution < 1.29 is 19.0 Å². The van der Waals surface area contributed by atoms with Crippen molar-refractivity contribution in [2.45, 2.75) is 6.54 Å². The van der Waals surface area contributed by atoms with Gasteiger partial charge in [-0.1, -0.05) is 29.3 Å². The fourth-order valence-corrected chi connectivity index (χ4v) is 4.02. The van der Waals surface area contributed by atoms with Crippen molar-refractivity contribution in [3.63, 3.8) is 0 Å². The van der Waals surface area contributed by atoms with Crippen molar-refractivity contribution in [2.75, 3.05) is 47.5 Å². The molecule has 0 atom stereocenters. The first kappa shape index (κ1) is 21.6. The molecule has 1 aliphatic heterocycles. The highest BCUT2D eigenvalue weighted by molar-refractivity contribution is 6.35. The van der Waals surface area contributed by atoms with Crippen LogP contribution in [-0.4, -0.2) is 63.2 Å². The Hall–Kier alpha value is -2.15. The largest absolute Gasteiger partial charge is 0.493 e. The summed E-state index contributed by atoms with van der Waals surface area (Å²) in [5.41, 5.74) is 1.52. The van der Waals surface area contributed by atoms with Gasteiger partial charge in [-0.15, -0.1) is 0 Å². The Labute approximate surface area is 180 Å². The normalized spacial score (nSPS) is 14.6. The molecule has 1 amide bonds. The van der Waals surface area contributed by atoms with Gasteiger partial charge >= 0.3 is 0 Å². The lowest BCUT2D eigenvalue weighted by atomic mass is 10.1.